The number of rotatable bonds is 6. The summed E-state index contributed by atoms with van der Waals surface area (Å²) in [7, 11) is 2.08. The van der Waals surface area contributed by atoms with Gasteiger partial charge in [-0.3, -0.25) is 0 Å². The van der Waals surface area contributed by atoms with Crippen molar-refractivity contribution in [2.75, 3.05) is 13.6 Å². The molecule has 0 heterocycles. The fraction of sp³-hybridized carbons (Fsp3) is 0.571. The number of benzene rings is 1. The normalized spacial score (nSPS) is 13.3. The molecule has 102 valence electrons. The molecule has 1 rings (SSSR count). The van der Waals surface area contributed by atoms with Crippen molar-refractivity contribution in [3.63, 3.8) is 0 Å². The van der Waals surface area contributed by atoms with Gasteiger partial charge in [0.15, 0.2) is 0 Å². The fourth-order valence-corrected chi connectivity index (χ4v) is 2.19. The lowest BCUT2D eigenvalue weighted by molar-refractivity contribution is 0.296. The highest BCUT2D eigenvalue weighted by Gasteiger charge is 2.10. The summed E-state index contributed by atoms with van der Waals surface area (Å²) < 4.78 is 0. The van der Waals surface area contributed by atoms with Crippen LogP contribution in [0.4, 0.5) is 0 Å². The minimum Gasteiger partial charge on any atom is -0.327 e. The second-order valence-electron chi connectivity index (χ2n) is 5.17. The van der Waals surface area contributed by atoms with Gasteiger partial charge in [0.1, 0.15) is 0 Å². The first-order valence-electron chi connectivity index (χ1n) is 6.28. The van der Waals surface area contributed by atoms with Crippen LogP contribution >= 0.6 is 23.2 Å². The van der Waals surface area contributed by atoms with E-state index >= 15 is 0 Å². The zero-order chi connectivity index (χ0) is 13.7. The number of halogens is 2. The van der Waals surface area contributed by atoms with E-state index in [1.54, 1.807) is 6.07 Å². The highest BCUT2D eigenvalue weighted by atomic mass is 35.5. The lowest BCUT2D eigenvalue weighted by atomic mass is 10.0. The van der Waals surface area contributed by atoms with Crippen LogP contribution in [0.3, 0.4) is 0 Å². The lowest BCUT2D eigenvalue weighted by Crippen LogP contribution is -2.31. The Kier molecular flexibility index (Phi) is 6.44. The molecule has 4 heteroatoms. The predicted octanol–water partition coefficient (Wildman–Crippen LogP) is 3.80. The second-order valence-corrected chi connectivity index (χ2v) is 6.01. The molecule has 0 saturated carbocycles. The molecule has 0 spiro atoms. The maximum absolute atomic E-state index is 6.15. The van der Waals surface area contributed by atoms with Crippen LogP contribution in [0.15, 0.2) is 18.2 Å². The zero-order valence-corrected chi connectivity index (χ0v) is 12.8. The molecular weight excluding hydrogens is 267 g/mol. The molecule has 0 amide bonds. The minimum atomic E-state index is 0.258. The van der Waals surface area contributed by atoms with E-state index in [1.165, 1.54) is 0 Å². The van der Waals surface area contributed by atoms with Gasteiger partial charge >= 0.3 is 0 Å². The zero-order valence-electron chi connectivity index (χ0n) is 11.3. The number of nitrogens with two attached hydrogens (primary N) is 1. The molecule has 2 N–H and O–H groups in total. The smallest absolute Gasteiger partial charge is 0.0465 e. The van der Waals surface area contributed by atoms with E-state index in [1.807, 2.05) is 12.1 Å². The summed E-state index contributed by atoms with van der Waals surface area (Å²) in [5.41, 5.74) is 7.14. The van der Waals surface area contributed by atoms with Crippen LogP contribution in [0.2, 0.25) is 10.0 Å². The molecule has 0 bridgehead atoms. The Morgan fingerprint density at radius 1 is 1.28 bits per heavy atom. The van der Waals surface area contributed by atoms with Crippen molar-refractivity contribution in [1.82, 2.24) is 4.90 Å². The van der Waals surface area contributed by atoms with Gasteiger partial charge in [-0.1, -0.05) is 43.1 Å². The van der Waals surface area contributed by atoms with Crippen LogP contribution in [-0.4, -0.2) is 24.5 Å². The van der Waals surface area contributed by atoms with E-state index in [0.29, 0.717) is 10.9 Å². The summed E-state index contributed by atoms with van der Waals surface area (Å²) in [5.74, 6) is 0.525. The van der Waals surface area contributed by atoms with Crippen molar-refractivity contribution < 1.29 is 0 Å². The molecular formula is C14H22Cl2N2. The summed E-state index contributed by atoms with van der Waals surface area (Å²) >= 11 is 12.0. The van der Waals surface area contributed by atoms with Gasteiger partial charge in [-0.25, -0.2) is 0 Å². The highest BCUT2D eigenvalue weighted by molar-refractivity contribution is 6.35. The van der Waals surface area contributed by atoms with E-state index in [9.17, 15) is 0 Å². The molecule has 0 fully saturated rings. The van der Waals surface area contributed by atoms with E-state index in [0.717, 1.165) is 30.1 Å². The molecule has 1 aromatic carbocycles. The van der Waals surface area contributed by atoms with Crippen LogP contribution in [-0.2, 0) is 6.54 Å². The van der Waals surface area contributed by atoms with Crippen LogP contribution in [0.25, 0.3) is 0 Å². The van der Waals surface area contributed by atoms with Gasteiger partial charge in [-0.2, -0.15) is 0 Å². The Morgan fingerprint density at radius 3 is 2.50 bits per heavy atom. The van der Waals surface area contributed by atoms with Crippen molar-refractivity contribution in [1.29, 1.82) is 0 Å². The number of hydrogen-bond acceptors (Lipinski definition) is 2. The first-order chi connectivity index (χ1) is 8.40. The van der Waals surface area contributed by atoms with Crippen LogP contribution in [0.1, 0.15) is 25.8 Å². The van der Waals surface area contributed by atoms with Crippen molar-refractivity contribution in [2.24, 2.45) is 11.7 Å². The quantitative estimate of drug-likeness (QED) is 0.863. The largest absolute Gasteiger partial charge is 0.327 e. The maximum atomic E-state index is 6.15. The Hall–Kier alpha value is -0.280. The average molecular weight is 289 g/mol. The fourth-order valence-electron chi connectivity index (χ4n) is 1.72. The Bertz CT molecular complexity index is 380. The third kappa shape index (κ3) is 5.15. The van der Waals surface area contributed by atoms with Crippen molar-refractivity contribution in [3.05, 3.63) is 33.8 Å². The first kappa shape index (κ1) is 15.8. The molecule has 0 aliphatic heterocycles. The maximum Gasteiger partial charge on any atom is 0.0465 e. The van der Waals surface area contributed by atoms with Crippen molar-refractivity contribution >= 4 is 23.2 Å². The van der Waals surface area contributed by atoms with E-state index < -0.39 is 0 Å². The van der Waals surface area contributed by atoms with E-state index in [2.05, 4.69) is 25.8 Å². The van der Waals surface area contributed by atoms with Crippen LogP contribution < -0.4 is 5.73 Å². The first-order valence-corrected chi connectivity index (χ1v) is 7.03. The summed E-state index contributed by atoms with van der Waals surface area (Å²) in [6.45, 7) is 6.10. The molecule has 0 aliphatic rings. The van der Waals surface area contributed by atoms with Gasteiger partial charge in [-0.15, -0.1) is 0 Å². The standard InChI is InChI=1S/C14H22Cl2N2/c1-10(2)14(17)6-7-18(3)9-11-4-5-12(15)8-13(11)16/h4-5,8,10,14H,6-7,9,17H2,1-3H3. The van der Waals surface area contributed by atoms with Crippen molar-refractivity contribution in [2.45, 2.75) is 32.9 Å². The van der Waals surface area contributed by atoms with Gasteiger partial charge in [0.05, 0.1) is 0 Å². The highest BCUT2D eigenvalue weighted by Crippen LogP contribution is 2.22. The molecule has 0 radical (unpaired) electrons. The molecule has 0 aromatic heterocycles. The van der Waals surface area contributed by atoms with E-state index in [4.69, 9.17) is 28.9 Å². The molecule has 2 nitrogen and oxygen atoms in total. The topological polar surface area (TPSA) is 29.3 Å². The Morgan fingerprint density at radius 2 is 1.94 bits per heavy atom. The Balaban J connectivity index is 2.47. The second kappa shape index (κ2) is 7.34. The third-order valence-electron chi connectivity index (χ3n) is 3.16. The summed E-state index contributed by atoms with van der Waals surface area (Å²) in [5, 5.41) is 1.40. The summed E-state index contributed by atoms with van der Waals surface area (Å²) in [4.78, 5) is 2.23. The van der Waals surface area contributed by atoms with Gasteiger partial charge in [-0.05, 0) is 43.6 Å². The van der Waals surface area contributed by atoms with E-state index in [-0.39, 0.29) is 6.04 Å². The monoisotopic (exact) mass is 288 g/mol. The predicted molar refractivity (Wildman–Crippen MR) is 80.2 cm³/mol. The van der Waals surface area contributed by atoms with Crippen LogP contribution in [0.5, 0.6) is 0 Å². The summed E-state index contributed by atoms with van der Waals surface area (Å²) in [6, 6.07) is 5.89. The third-order valence-corrected chi connectivity index (χ3v) is 3.74. The van der Waals surface area contributed by atoms with Gasteiger partial charge in [0.25, 0.3) is 0 Å². The summed E-state index contributed by atoms with van der Waals surface area (Å²) in [6.07, 6.45) is 0.999. The van der Waals surface area contributed by atoms with Gasteiger partial charge in [0.2, 0.25) is 0 Å². The number of nitrogens with zero attached hydrogens (tertiary/aromatic N) is 1. The van der Waals surface area contributed by atoms with Crippen LogP contribution in [0, 0.1) is 5.92 Å². The van der Waals surface area contributed by atoms with Gasteiger partial charge in [0, 0.05) is 22.6 Å². The molecule has 1 aromatic rings. The average Bonchev–Trinajstić information content (AvgIpc) is 2.29. The minimum absolute atomic E-state index is 0.258. The molecule has 1 unspecified atom stereocenters. The lowest BCUT2D eigenvalue weighted by Gasteiger charge is -2.21. The number of hydrogen-bond donors (Lipinski definition) is 1. The Labute approximate surface area is 120 Å². The molecule has 0 saturated heterocycles. The van der Waals surface area contributed by atoms with Crippen molar-refractivity contribution in [3.8, 4) is 0 Å². The SMILES string of the molecule is CC(C)C(N)CCN(C)Cc1ccc(Cl)cc1Cl. The molecule has 1 atom stereocenters. The molecule has 0 aliphatic carbocycles. The van der Waals surface area contributed by atoms with Gasteiger partial charge < -0.3 is 10.6 Å². The molecule has 18 heavy (non-hydrogen) atoms.